The van der Waals surface area contributed by atoms with Gasteiger partial charge in [0, 0.05) is 37.8 Å². The van der Waals surface area contributed by atoms with Gasteiger partial charge in [-0.3, -0.25) is 9.69 Å². The molecule has 3 aromatic carbocycles. The highest BCUT2D eigenvalue weighted by Crippen LogP contribution is 2.35. The average molecular weight is 634 g/mol. The molecular weight excluding hydrogens is 586 g/mol. The van der Waals surface area contributed by atoms with Crippen molar-refractivity contribution in [3.8, 4) is 11.3 Å². The second-order valence-electron chi connectivity index (χ2n) is 13.4. The van der Waals surface area contributed by atoms with Crippen molar-refractivity contribution in [2.75, 3.05) is 26.2 Å². The molecule has 1 saturated carbocycles. The minimum absolute atomic E-state index is 0.00374. The number of aromatic nitrogens is 2. The third-order valence-corrected chi connectivity index (χ3v) is 9.37. The molecule has 1 N–H and O–H groups in total. The van der Waals surface area contributed by atoms with Gasteiger partial charge in [-0.15, -0.1) is 0 Å². The Morgan fingerprint density at radius 3 is 2.23 bits per heavy atom. The van der Waals surface area contributed by atoms with Gasteiger partial charge in [0.25, 0.3) is 5.91 Å². The Balaban J connectivity index is 1.30. The summed E-state index contributed by atoms with van der Waals surface area (Å²) in [6.45, 7) is 7.49. The highest BCUT2D eigenvalue weighted by molar-refractivity contribution is 5.98. The molecule has 2 fully saturated rings. The molecule has 2 heterocycles. The summed E-state index contributed by atoms with van der Waals surface area (Å²) < 4.78 is 7.64. The molecular formula is C39H47N5O3. The van der Waals surface area contributed by atoms with Gasteiger partial charge in [-0.1, -0.05) is 118 Å². The standard InChI is InChI=1S/C39H47N5O3/c1-29(2)27-47-39(46)41-34-20-12-13-21-35(34)44-28-40-36(37(44)32-18-10-5-11-19-32)38(45)43-23-22-42(25-31-16-8-4-9-17-31)26-33(43)24-30-14-6-3-7-15-30/h3-11,14-19,28-29,33-35H,12-13,20-27H2,1-2H3,(H,41,46)/t33-,34+,35+/m1/s1. The van der Waals surface area contributed by atoms with Crippen molar-refractivity contribution in [2.45, 2.75) is 70.6 Å². The maximum absolute atomic E-state index is 14.7. The number of imidazole rings is 1. The molecule has 246 valence electrons. The summed E-state index contributed by atoms with van der Waals surface area (Å²) in [6, 6.07) is 30.9. The van der Waals surface area contributed by atoms with E-state index in [1.54, 1.807) is 0 Å². The fourth-order valence-corrected chi connectivity index (χ4v) is 7.07. The quantitative estimate of drug-likeness (QED) is 0.204. The maximum Gasteiger partial charge on any atom is 0.407 e. The van der Waals surface area contributed by atoms with Crippen LogP contribution in [0.15, 0.2) is 97.3 Å². The van der Waals surface area contributed by atoms with Crippen LogP contribution >= 0.6 is 0 Å². The molecule has 1 aromatic heterocycles. The SMILES string of the molecule is CC(C)COC(=O)N[C@H]1CCCC[C@@H]1n1cnc(C(=O)N2CCN(Cc3ccccc3)C[C@H]2Cc2ccccc2)c1-c1ccccc1. The lowest BCUT2D eigenvalue weighted by atomic mass is 9.89. The number of alkyl carbamates (subject to hydrolysis) is 1. The monoisotopic (exact) mass is 633 g/mol. The van der Waals surface area contributed by atoms with Gasteiger partial charge in [0.05, 0.1) is 30.7 Å². The molecule has 47 heavy (non-hydrogen) atoms. The van der Waals surface area contributed by atoms with Crippen molar-refractivity contribution in [1.29, 1.82) is 0 Å². The van der Waals surface area contributed by atoms with E-state index in [0.29, 0.717) is 18.8 Å². The van der Waals surface area contributed by atoms with Crippen LogP contribution in [0.2, 0.25) is 0 Å². The molecule has 8 nitrogen and oxygen atoms in total. The van der Waals surface area contributed by atoms with Crippen LogP contribution in [0.3, 0.4) is 0 Å². The Kier molecular flexibility index (Phi) is 10.7. The van der Waals surface area contributed by atoms with Crippen LogP contribution < -0.4 is 5.32 Å². The molecule has 0 radical (unpaired) electrons. The number of carbonyl (C=O) groups excluding carboxylic acids is 2. The maximum atomic E-state index is 14.7. The van der Waals surface area contributed by atoms with E-state index in [1.165, 1.54) is 11.1 Å². The number of amides is 2. The van der Waals surface area contributed by atoms with Crippen molar-refractivity contribution in [3.63, 3.8) is 0 Å². The van der Waals surface area contributed by atoms with Crippen LogP contribution in [0.25, 0.3) is 11.3 Å². The van der Waals surface area contributed by atoms with Crippen LogP contribution in [0.4, 0.5) is 4.79 Å². The van der Waals surface area contributed by atoms with Crippen LogP contribution in [0.5, 0.6) is 0 Å². The molecule has 3 atom stereocenters. The van der Waals surface area contributed by atoms with E-state index < -0.39 is 0 Å². The first-order valence-electron chi connectivity index (χ1n) is 17.1. The Labute approximate surface area is 278 Å². The van der Waals surface area contributed by atoms with Gasteiger partial charge in [0.1, 0.15) is 0 Å². The normalized spacial score (nSPS) is 20.2. The molecule has 4 aromatic rings. The van der Waals surface area contributed by atoms with Crippen LogP contribution in [-0.2, 0) is 17.7 Å². The van der Waals surface area contributed by atoms with E-state index >= 15 is 0 Å². The Morgan fingerprint density at radius 1 is 0.872 bits per heavy atom. The Morgan fingerprint density at radius 2 is 1.53 bits per heavy atom. The lowest BCUT2D eigenvalue weighted by molar-refractivity contribution is 0.0434. The molecule has 6 rings (SSSR count). The van der Waals surface area contributed by atoms with Gasteiger partial charge < -0.3 is 19.5 Å². The molecule has 1 aliphatic heterocycles. The first kappa shape index (κ1) is 32.5. The van der Waals surface area contributed by atoms with E-state index in [0.717, 1.165) is 63.0 Å². The molecule has 0 unspecified atom stereocenters. The number of piperazine rings is 1. The van der Waals surface area contributed by atoms with E-state index in [2.05, 4.69) is 63.3 Å². The number of hydrogen-bond donors (Lipinski definition) is 1. The lowest BCUT2D eigenvalue weighted by Crippen LogP contribution is -2.55. The average Bonchev–Trinajstić information content (AvgIpc) is 3.54. The second kappa shape index (κ2) is 15.4. The summed E-state index contributed by atoms with van der Waals surface area (Å²) >= 11 is 0. The van der Waals surface area contributed by atoms with Gasteiger partial charge in [0.15, 0.2) is 5.69 Å². The Bertz CT molecular complexity index is 1590. The van der Waals surface area contributed by atoms with Crippen LogP contribution in [0.1, 0.15) is 67.2 Å². The minimum Gasteiger partial charge on any atom is -0.449 e. The van der Waals surface area contributed by atoms with E-state index in [1.807, 2.05) is 67.5 Å². The molecule has 0 spiro atoms. The zero-order valence-corrected chi connectivity index (χ0v) is 27.6. The van der Waals surface area contributed by atoms with Crippen molar-refractivity contribution in [3.05, 3.63) is 114 Å². The molecule has 1 aliphatic carbocycles. The number of hydrogen-bond acceptors (Lipinski definition) is 5. The van der Waals surface area contributed by atoms with Gasteiger partial charge >= 0.3 is 6.09 Å². The summed E-state index contributed by atoms with van der Waals surface area (Å²) in [6.07, 6.45) is 6.01. The van der Waals surface area contributed by atoms with Gasteiger partial charge in [-0.25, -0.2) is 9.78 Å². The predicted octanol–water partition coefficient (Wildman–Crippen LogP) is 6.99. The smallest absolute Gasteiger partial charge is 0.407 e. The predicted molar refractivity (Wildman–Crippen MR) is 185 cm³/mol. The molecule has 2 amide bonds. The molecule has 8 heteroatoms. The Hall–Kier alpha value is -4.43. The van der Waals surface area contributed by atoms with Crippen LogP contribution in [-0.4, -0.2) is 69.7 Å². The van der Waals surface area contributed by atoms with Crippen LogP contribution in [0, 0.1) is 5.92 Å². The van der Waals surface area contributed by atoms with Gasteiger partial charge in [0.2, 0.25) is 0 Å². The number of rotatable bonds is 10. The third-order valence-electron chi connectivity index (χ3n) is 9.37. The summed E-state index contributed by atoms with van der Waals surface area (Å²) in [5, 5.41) is 3.15. The van der Waals surface area contributed by atoms with Crippen molar-refractivity contribution in [1.82, 2.24) is 24.7 Å². The number of nitrogens with zero attached hydrogens (tertiary/aromatic N) is 4. The zero-order valence-electron chi connectivity index (χ0n) is 27.6. The summed E-state index contributed by atoms with van der Waals surface area (Å²) in [4.78, 5) is 36.8. The molecule has 1 saturated heterocycles. The number of ether oxygens (including phenoxy) is 1. The van der Waals surface area contributed by atoms with Crippen molar-refractivity contribution < 1.29 is 14.3 Å². The minimum atomic E-state index is -0.384. The number of benzene rings is 3. The number of nitrogens with one attached hydrogen (secondary N) is 1. The van der Waals surface area contributed by atoms with E-state index in [9.17, 15) is 9.59 Å². The summed E-state index contributed by atoms with van der Waals surface area (Å²) in [5.41, 5.74) is 4.72. The van der Waals surface area contributed by atoms with Crippen molar-refractivity contribution >= 4 is 12.0 Å². The topological polar surface area (TPSA) is 79.7 Å². The number of carbonyl (C=O) groups is 2. The first-order valence-corrected chi connectivity index (χ1v) is 17.1. The van der Waals surface area contributed by atoms with E-state index in [4.69, 9.17) is 9.72 Å². The molecule has 0 bridgehead atoms. The van der Waals surface area contributed by atoms with Crippen molar-refractivity contribution in [2.24, 2.45) is 5.92 Å². The van der Waals surface area contributed by atoms with E-state index in [-0.39, 0.29) is 36.0 Å². The first-order chi connectivity index (χ1) is 23.0. The second-order valence-corrected chi connectivity index (χ2v) is 13.4. The highest BCUT2D eigenvalue weighted by atomic mass is 16.5. The van der Waals surface area contributed by atoms with Gasteiger partial charge in [-0.05, 0) is 36.3 Å². The highest BCUT2D eigenvalue weighted by Gasteiger charge is 2.36. The summed E-state index contributed by atoms with van der Waals surface area (Å²) in [7, 11) is 0. The van der Waals surface area contributed by atoms with Gasteiger partial charge in [-0.2, -0.15) is 0 Å². The lowest BCUT2D eigenvalue weighted by Gasteiger charge is -2.41. The largest absolute Gasteiger partial charge is 0.449 e. The zero-order chi connectivity index (χ0) is 32.6. The third kappa shape index (κ3) is 8.11. The molecule has 2 aliphatic rings. The fourth-order valence-electron chi connectivity index (χ4n) is 7.07. The fraction of sp³-hybridized carbons (Fsp3) is 0.410. The summed E-state index contributed by atoms with van der Waals surface area (Å²) in [5.74, 6) is 0.222.